The number of amides is 3. The standard InChI is InChI=1S/C20H31N3O3/c1-15-7-8-18(26-15)14-21-19(24)13-16-9-11-23(12-10-16)20(25)22-17-5-3-2-4-6-17/h7-8,16-17H,2-6,9-14H2,1H3,(H,21,24)(H,22,25). The highest BCUT2D eigenvalue weighted by atomic mass is 16.3. The van der Waals surface area contributed by atoms with E-state index in [0.29, 0.717) is 24.9 Å². The zero-order valence-electron chi connectivity index (χ0n) is 15.8. The van der Waals surface area contributed by atoms with Gasteiger partial charge in [-0.1, -0.05) is 19.3 Å². The average molecular weight is 361 g/mol. The van der Waals surface area contributed by atoms with Crippen molar-refractivity contribution in [3.05, 3.63) is 23.7 Å². The molecule has 2 heterocycles. The van der Waals surface area contributed by atoms with Gasteiger partial charge in [-0.15, -0.1) is 0 Å². The van der Waals surface area contributed by atoms with Gasteiger partial charge in [-0.3, -0.25) is 4.79 Å². The molecule has 6 nitrogen and oxygen atoms in total. The Bertz CT molecular complexity index is 599. The second kappa shape index (κ2) is 9.10. The summed E-state index contributed by atoms with van der Waals surface area (Å²) in [7, 11) is 0. The smallest absolute Gasteiger partial charge is 0.317 e. The number of hydrogen-bond acceptors (Lipinski definition) is 3. The minimum Gasteiger partial charge on any atom is -0.465 e. The Kier molecular flexibility index (Phi) is 6.58. The summed E-state index contributed by atoms with van der Waals surface area (Å²) in [6.45, 7) is 3.82. The first-order valence-corrected chi connectivity index (χ1v) is 9.97. The normalized spacial score (nSPS) is 19.3. The van der Waals surface area contributed by atoms with E-state index in [4.69, 9.17) is 4.42 Å². The minimum absolute atomic E-state index is 0.0594. The van der Waals surface area contributed by atoms with Gasteiger partial charge < -0.3 is 20.0 Å². The quantitative estimate of drug-likeness (QED) is 0.844. The molecule has 1 aliphatic heterocycles. The summed E-state index contributed by atoms with van der Waals surface area (Å²) in [6, 6.07) is 4.21. The predicted molar refractivity (Wildman–Crippen MR) is 99.6 cm³/mol. The lowest BCUT2D eigenvalue weighted by Gasteiger charge is -2.33. The summed E-state index contributed by atoms with van der Waals surface area (Å²) >= 11 is 0. The van der Waals surface area contributed by atoms with Gasteiger partial charge in [0, 0.05) is 25.6 Å². The summed E-state index contributed by atoms with van der Waals surface area (Å²) in [5.41, 5.74) is 0. The van der Waals surface area contributed by atoms with E-state index in [0.717, 1.165) is 50.3 Å². The maximum absolute atomic E-state index is 12.4. The molecule has 2 N–H and O–H groups in total. The van der Waals surface area contributed by atoms with Crippen LogP contribution in [0.15, 0.2) is 16.5 Å². The number of carbonyl (C=O) groups is 2. The number of aryl methyl sites for hydroxylation is 1. The van der Waals surface area contributed by atoms with Gasteiger partial charge in [0.1, 0.15) is 11.5 Å². The van der Waals surface area contributed by atoms with Gasteiger partial charge in [0.25, 0.3) is 0 Å². The highest BCUT2D eigenvalue weighted by Crippen LogP contribution is 2.22. The van der Waals surface area contributed by atoms with Gasteiger partial charge in [0.2, 0.25) is 5.91 Å². The maximum Gasteiger partial charge on any atom is 0.317 e. The van der Waals surface area contributed by atoms with Crippen LogP contribution in [-0.2, 0) is 11.3 Å². The fourth-order valence-corrected chi connectivity index (χ4v) is 3.95. The minimum atomic E-state index is 0.0594. The first-order valence-electron chi connectivity index (χ1n) is 9.97. The zero-order chi connectivity index (χ0) is 18.4. The molecule has 1 aliphatic carbocycles. The lowest BCUT2D eigenvalue weighted by molar-refractivity contribution is -0.122. The molecule has 1 saturated carbocycles. The van der Waals surface area contributed by atoms with Gasteiger partial charge in [0.15, 0.2) is 0 Å². The fourth-order valence-electron chi connectivity index (χ4n) is 3.95. The van der Waals surface area contributed by atoms with Crippen LogP contribution in [-0.4, -0.2) is 36.0 Å². The molecule has 3 amide bonds. The first-order chi connectivity index (χ1) is 12.6. The molecule has 0 atom stereocenters. The van der Waals surface area contributed by atoms with Gasteiger partial charge >= 0.3 is 6.03 Å². The van der Waals surface area contributed by atoms with Crippen LogP contribution in [0.5, 0.6) is 0 Å². The predicted octanol–water partition coefficient (Wildman–Crippen LogP) is 3.35. The van der Waals surface area contributed by atoms with Crippen molar-refractivity contribution in [3.8, 4) is 0 Å². The third kappa shape index (κ3) is 5.51. The van der Waals surface area contributed by atoms with Crippen LogP contribution in [0.25, 0.3) is 0 Å². The third-order valence-corrected chi connectivity index (χ3v) is 5.56. The molecule has 26 heavy (non-hydrogen) atoms. The van der Waals surface area contributed by atoms with Crippen molar-refractivity contribution >= 4 is 11.9 Å². The van der Waals surface area contributed by atoms with E-state index in [1.807, 2.05) is 24.0 Å². The van der Waals surface area contributed by atoms with Crippen molar-refractivity contribution in [1.29, 1.82) is 0 Å². The van der Waals surface area contributed by atoms with E-state index in [9.17, 15) is 9.59 Å². The van der Waals surface area contributed by atoms with Gasteiger partial charge in [-0.2, -0.15) is 0 Å². The molecule has 3 rings (SSSR count). The Morgan fingerprint density at radius 1 is 1.12 bits per heavy atom. The monoisotopic (exact) mass is 361 g/mol. The summed E-state index contributed by atoms with van der Waals surface area (Å²) in [5.74, 6) is 2.05. The van der Waals surface area contributed by atoms with Crippen molar-refractivity contribution in [3.63, 3.8) is 0 Å². The average Bonchev–Trinajstić information content (AvgIpc) is 3.07. The van der Waals surface area contributed by atoms with Crippen molar-refractivity contribution in [2.75, 3.05) is 13.1 Å². The topological polar surface area (TPSA) is 74.6 Å². The molecule has 0 unspecified atom stereocenters. The Labute approximate surface area is 155 Å². The second-order valence-corrected chi connectivity index (χ2v) is 7.71. The molecule has 1 aromatic rings. The lowest BCUT2D eigenvalue weighted by Crippen LogP contribution is -2.48. The summed E-state index contributed by atoms with van der Waals surface area (Å²) < 4.78 is 5.46. The van der Waals surface area contributed by atoms with Gasteiger partial charge in [0.05, 0.1) is 6.54 Å². The van der Waals surface area contributed by atoms with Crippen LogP contribution in [0, 0.1) is 12.8 Å². The van der Waals surface area contributed by atoms with Gasteiger partial charge in [-0.25, -0.2) is 4.79 Å². The number of nitrogens with one attached hydrogen (secondary N) is 2. The van der Waals surface area contributed by atoms with E-state index < -0.39 is 0 Å². The number of piperidine rings is 1. The number of hydrogen-bond donors (Lipinski definition) is 2. The van der Waals surface area contributed by atoms with Crippen LogP contribution in [0.1, 0.15) is 62.9 Å². The number of rotatable bonds is 5. The first kappa shape index (κ1) is 18.8. The number of furan rings is 1. The lowest BCUT2D eigenvalue weighted by atomic mass is 9.93. The van der Waals surface area contributed by atoms with Gasteiger partial charge in [-0.05, 0) is 50.7 Å². The van der Waals surface area contributed by atoms with Crippen molar-refractivity contribution in [2.45, 2.75) is 70.9 Å². The Balaban J connectivity index is 1.33. The van der Waals surface area contributed by atoms with Crippen molar-refractivity contribution in [2.24, 2.45) is 5.92 Å². The molecule has 0 bridgehead atoms. The molecule has 2 aliphatic rings. The molecule has 1 saturated heterocycles. The number of nitrogens with zero attached hydrogens (tertiary/aromatic N) is 1. The van der Waals surface area contributed by atoms with Crippen LogP contribution < -0.4 is 10.6 Å². The molecule has 144 valence electrons. The Morgan fingerprint density at radius 3 is 2.50 bits per heavy atom. The molecule has 0 aromatic carbocycles. The molecule has 0 spiro atoms. The third-order valence-electron chi connectivity index (χ3n) is 5.56. The summed E-state index contributed by atoms with van der Waals surface area (Å²) in [5, 5.41) is 6.10. The maximum atomic E-state index is 12.4. The fraction of sp³-hybridized carbons (Fsp3) is 0.700. The van der Waals surface area contributed by atoms with E-state index in [1.54, 1.807) is 0 Å². The Hall–Kier alpha value is -1.98. The highest BCUT2D eigenvalue weighted by Gasteiger charge is 2.26. The molecular formula is C20H31N3O3. The molecule has 6 heteroatoms. The van der Waals surface area contributed by atoms with E-state index in [-0.39, 0.29) is 11.9 Å². The Morgan fingerprint density at radius 2 is 1.85 bits per heavy atom. The zero-order valence-corrected chi connectivity index (χ0v) is 15.8. The van der Waals surface area contributed by atoms with Crippen molar-refractivity contribution < 1.29 is 14.0 Å². The summed E-state index contributed by atoms with van der Waals surface area (Å²) in [4.78, 5) is 26.4. The molecule has 0 radical (unpaired) electrons. The van der Waals surface area contributed by atoms with Crippen molar-refractivity contribution in [1.82, 2.24) is 15.5 Å². The largest absolute Gasteiger partial charge is 0.465 e. The highest BCUT2D eigenvalue weighted by molar-refractivity contribution is 5.76. The van der Waals surface area contributed by atoms with Crippen LogP contribution in [0.3, 0.4) is 0 Å². The van der Waals surface area contributed by atoms with E-state index >= 15 is 0 Å². The van der Waals surface area contributed by atoms with E-state index in [2.05, 4.69) is 10.6 Å². The second-order valence-electron chi connectivity index (χ2n) is 7.71. The van der Waals surface area contributed by atoms with Crippen LogP contribution in [0.4, 0.5) is 4.79 Å². The molecular weight excluding hydrogens is 330 g/mol. The number of carbonyl (C=O) groups excluding carboxylic acids is 2. The SMILES string of the molecule is Cc1ccc(CNC(=O)CC2CCN(C(=O)NC3CCCCC3)CC2)o1. The number of likely N-dealkylation sites (tertiary alicyclic amines) is 1. The molecule has 2 fully saturated rings. The molecule has 1 aromatic heterocycles. The van der Waals surface area contributed by atoms with Crippen LogP contribution in [0.2, 0.25) is 0 Å². The van der Waals surface area contributed by atoms with E-state index in [1.165, 1.54) is 19.3 Å². The van der Waals surface area contributed by atoms with Crippen LogP contribution >= 0.6 is 0 Å². The summed E-state index contributed by atoms with van der Waals surface area (Å²) in [6.07, 6.45) is 8.27. The number of urea groups is 1.